The highest BCUT2D eigenvalue weighted by molar-refractivity contribution is 5.81. The quantitative estimate of drug-likeness (QED) is 0.778. The van der Waals surface area contributed by atoms with Crippen LogP contribution in [0.25, 0.3) is 0 Å². The van der Waals surface area contributed by atoms with Crippen molar-refractivity contribution >= 4 is 5.91 Å². The van der Waals surface area contributed by atoms with E-state index in [1.807, 2.05) is 37.4 Å². The highest BCUT2D eigenvalue weighted by Gasteiger charge is 2.13. The Kier molecular flexibility index (Phi) is 4.84. The maximum absolute atomic E-state index is 11.9. The lowest BCUT2D eigenvalue weighted by Gasteiger charge is -2.11. The smallest absolute Gasteiger partial charge is 0.237 e. The van der Waals surface area contributed by atoms with Crippen molar-refractivity contribution in [2.45, 2.75) is 18.9 Å². The molecule has 0 aliphatic carbocycles. The first-order valence-electron chi connectivity index (χ1n) is 6.57. The van der Waals surface area contributed by atoms with Crippen molar-refractivity contribution < 1.29 is 4.79 Å². The molecule has 0 bridgehead atoms. The summed E-state index contributed by atoms with van der Waals surface area (Å²) in [5.74, 6) is 0.564. The fourth-order valence-corrected chi connectivity index (χ4v) is 1.89. The number of amides is 1. The van der Waals surface area contributed by atoms with Crippen molar-refractivity contribution in [2.75, 3.05) is 6.54 Å². The third-order valence-electron chi connectivity index (χ3n) is 2.93. The van der Waals surface area contributed by atoms with E-state index in [9.17, 15) is 4.79 Å². The molecule has 20 heavy (non-hydrogen) atoms. The SMILES string of the molecule is Cn1cnc(CCNC(=O)[C@H](N)Cc2ccccc2)n1. The van der Waals surface area contributed by atoms with Crippen LogP contribution in [0.15, 0.2) is 36.7 Å². The predicted octanol–water partition coefficient (Wildman–Crippen LogP) is 0.0438. The Bertz CT molecular complexity index is 552. The summed E-state index contributed by atoms with van der Waals surface area (Å²) in [5.41, 5.74) is 6.94. The zero-order valence-electron chi connectivity index (χ0n) is 11.5. The Morgan fingerprint density at radius 2 is 2.15 bits per heavy atom. The molecular weight excluding hydrogens is 254 g/mol. The second kappa shape index (κ2) is 6.81. The molecule has 0 aliphatic heterocycles. The normalized spacial score (nSPS) is 12.1. The molecule has 0 radical (unpaired) electrons. The van der Waals surface area contributed by atoms with Crippen LogP contribution < -0.4 is 11.1 Å². The first kappa shape index (κ1) is 14.2. The van der Waals surface area contributed by atoms with Crippen LogP contribution in [0.3, 0.4) is 0 Å². The molecule has 0 spiro atoms. The van der Waals surface area contributed by atoms with Crippen LogP contribution in [0, 0.1) is 0 Å². The Morgan fingerprint density at radius 1 is 1.40 bits per heavy atom. The number of carbonyl (C=O) groups excluding carboxylic acids is 1. The predicted molar refractivity (Wildman–Crippen MR) is 75.8 cm³/mol. The van der Waals surface area contributed by atoms with Gasteiger partial charge in [-0.3, -0.25) is 9.48 Å². The lowest BCUT2D eigenvalue weighted by atomic mass is 10.1. The number of hydrogen-bond donors (Lipinski definition) is 2. The molecule has 0 unspecified atom stereocenters. The maximum Gasteiger partial charge on any atom is 0.237 e. The molecule has 106 valence electrons. The van der Waals surface area contributed by atoms with Crippen molar-refractivity contribution in [3.8, 4) is 0 Å². The molecule has 6 nitrogen and oxygen atoms in total. The molecule has 6 heteroatoms. The molecule has 1 aromatic heterocycles. The van der Waals surface area contributed by atoms with Crippen molar-refractivity contribution in [1.29, 1.82) is 0 Å². The fourth-order valence-electron chi connectivity index (χ4n) is 1.89. The zero-order chi connectivity index (χ0) is 14.4. The largest absolute Gasteiger partial charge is 0.354 e. The second-order valence-corrected chi connectivity index (χ2v) is 4.67. The number of nitrogens with one attached hydrogen (secondary N) is 1. The maximum atomic E-state index is 11.9. The van der Waals surface area contributed by atoms with Gasteiger partial charge in [0.15, 0.2) is 5.82 Å². The van der Waals surface area contributed by atoms with E-state index in [1.54, 1.807) is 11.0 Å². The number of carbonyl (C=O) groups is 1. The van der Waals surface area contributed by atoms with E-state index in [0.29, 0.717) is 25.2 Å². The van der Waals surface area contributed by atoms with Gasteiger partial charge in [0, 0.05) is 20.0 Å². The van der Waals surface area contributed by atoms with E-state index in [2.05, 4.69) is 15.4 Å². The third kappa shape index (κ3) is 4.17. The monoisotopic (exact) mass is 273 g/mol. The third-order valence-corrected chi connectivity index (χ3v) is 2.93. The van der Waals surface area contributed by atoms with Gasteiger partial charge >= 0.3 is 0 Å². The standard InChI is InChI=1S/C14H19N5O/c1-19-10-17-13(18-19)7-8-16-14(20)12(15)9-11-5-3-2-4-6-11/h2-6,10,12H,7-9,15H2,1H3,(H,16,20)/t12-/m1/s1. The molecule has 1 heterocycles. The summed E-state index contributed by atoms with van der Waals surface area (Å²) in [6.45, 7) is 0.491. The van der Waals surface area contributed by atoms with Crippen molar-refractivity contribution in [2.24, 2.45) is 12.8 Å². The lowest BCUT2D eigenvalue weighted by Crippen LogP contribution is -2.42. The van der Waals surface area contributed by atoms with E-state index < -0.39 is 6.04 Å². The molecule has 2 aromatic rings. The molecule has 1 aromatic carbocycles. The van der Waals surface area contributed by atoms with Gasteiger partial charge < -0.3 is 11.1 Å². The summed E-state index contributed by atoms with van der Waals surface area (Å²) >= 11 is 0. The Hall–Kier alpha value is -2.21. The molecule has 1 amide bonds. The van der Waals surface area contributed by atoms with Gasteiger partial charge in [0.1, 0.15) is 6.33 Å². The van der Waals surface area contributed by atoms with Crippen molar-refractivity contribution in [1.82, 2.24) is 20.1 Å². The number of aromatic nitrogens is 3. The summed E-state index contributed by atoms with van der Waals surface area (Å²) in [6, 6.07) is 9.21. The topological polar surface area (TPSA) is 85.8 Å². The summed E-state index contributed by atoms with van der Waals surface area (Å²) in [4.78, 5) is 16.0. The molecule has 0 saturated heterocycles. The van der Waals surface area contributed by atoms with E-state index in [4.69, 9.17) is 5.73 Å². The molecule has 0 fully saturated rings. The minimum absolute atomic E-state index is 0.148. The summed E-state index contributed by atoms with van der Waals surface area (Å²) in [7, 11) is 1.81. The van der Waals surface area contributed by atoms with Gasteiger partial charge in [-0.05, 0) is 12.0 Å². The van der Waals surface area contributed by atoms with E-state index >= 15 is 0 Å². The number of hydrogen-bond acceptors (Lipinski definition) is 4. The number of rotatable bonds is 6. The summed E-state index contributed by atoms with van der Waals surface area (Å²) in [5, 5.41) is 6.95. The number of nitrogens with zero attached hydrogens (tertiary/aromatic N) is 3. The van der Waals surface area contributed by atoms with Crippen LogP contribution >= 0.6 is 0 Å². The molecule has 0 aliphatic rings. The molecule has 1 atom stereocenters. The van der Waals surface area contributed by atoms with Crippen LogP contribution in [0.1, 0.15) is 11.4 Å². The minimum Gasteiger partial charge on any atom is -0.354 e. The molecule has 3 N–H and O–H groups in total. The fraction of sp³-hybridized carbons (Fsp3) is 0.357. The van der Waals surface area contributed by atoms with E-state index in [0.717, 1.165) is 5.56 Å². The van der Waals surface area contributed by atoms with Gasteiger partial charge in [-0.25, -0.2) is 4.98 Å². The van der Waals surface area contributed by atoms with Crippen LogP contribution in [-0.2, 0) is 24.7 Å². The Labute approximate surface area is 118 Å². The summed E-state index contributed by atoms with van der Waals surface area (Å²) in [6.07, 6.45) is 2.78. The van der Waals surface area contributed by atoms with Crippen molar-refractivity contribution in [3.63, 3.8) is 0 Å². The van der Waals surface area contributed by atoms with E-state index in [-0.39, 0.29) is 5.91 Å². The number of benzene rings is 1. The Morgan fingerprint density at radius 3 is 2.80 bits per heavy atom. The van der Waals surface area contributed by atoms with Crippen molar-refractivity contribution in [3.05, 3.63) is 48.0 Å². The lowest BCUT2D eigenvalue weighted by molar-refractivity contribution is -0.122. The van der Waals surface area contributed by atoms with Crippen LogP contribution in [0.2, 0.25) is 0 Å². The van der Waals surface area contributed by atoms with Gasteiger partial charge in [-0.1, -0.05) is 30.3 Å². The van der Waals surface area contributed by atoms with Gasteiger partial charge in [0.05, 0.1) is 6.04 Å². The molecule has 2 rings (SSSR count). The van der Waals surface area contributed by atoms with Gasteiger partial charge in [0.2, 0.25) is 5.91 Å². The van der Waals surface area contributed by atoms with E-state index in [1.165, 1.54) is 0 Å². The highest BCUT2D eigenvalue weighted by atomic mass is 16.2. The average Bonchev–Trinajstić information content (AvgIpc) is 2.85. The van der Waals surface area contributed by atoms with Gasteiger partial charge in [-0.2, -0.15) is 5.10 Å². The average molecular weight is 273 g/mol. The molecule has 0 saturated carbocycles. The van der Waals surface area contributed by atoms with Crippen LogP contribution in [0.5, 0.6) is 0 Å². The van der Waals surface area contributed by atoms with Crippen LogP contribution in [-0.4, -0.2) is 33.3 Å². The number of nitrogens with two attached hydrogens (primary N) is 1. The van der Waals surface area contributed by atoms with Gasteiger partial charge in [-0.15, -0.1) is 0 Å². The Balaban J connectivity index is 1.74. The number of aryl methyl sites for hydroxylation is 1. The second-order valence-electron chi connectivity index (χ2n) is 4.67. The van der Waals surface area contributed by atoms with Gasteiger partial charge in [0.25, 0.3) is 0 Å². The summed E-state index contributed by atoms with van der Waals surface area (Å²) < 4.78 is 1.64. The minimum atomic E-state index is -0.533. The first-order chi connectivity index (χ1) is 9.65. The molecular formula is C14H19N5O. The first-order valence-corrected chi connectivity index (χ1v) is 6.57. The zero-order valence-corrected chi connectivity index (χ0v) is 11.5. The van der Waals surface area contributed by atoms with Crippen LogP contribution in [0.4, 0.5) is 0 Å². The highest BCUT2D eigenvalue weighted by Crippen LogP contribution is 2.01.